The van der Waals surface area contributed by atoms with E-state index in [0.29, 0.717) is 12.4 Å². The quantitative estimate of drug-likeness (QED) is 0.396. The molecule has 7 nitrogen and oxygen atoms in total. The van der Waals surface area contributed by atoms with Gasteiger partial charge in [-0.05, 0) is 34.9 Å². The van der Waals surface area contributed by atoms with E-state index in [2.05, 4.69) is 62.9 Å². The lowest BCUT2D eigenvalue weighted by Crippen LogP contribution is -2.05. The summed E-state index contributed by atoms with van der Waals surface area (Å²) in [5.41, 5.74) is 12.5. The lowest BCUT2D eigenvalue weighted by Gasteiger charge is -2.08. The number of unbranched alkanes of at least 4 members (excludes halogenated alkanes) is 1. The molecule has 0 amide bonds. The van der Waals surface area contributed by atoms with Gasteiger partial charge < -0.3 is 10.7 Å². The largest absolute Gasteiger partial charge is 0.345 e. The molecule has 154 valence electrons. The number of hydrogen-bond donors (Lipinski definition) is 3. The Morgan fingerprint density at radius 3 is 2.47 bits per heavy atom. The second-order valence-corrected chi connectivity index (χ2v) is 7.41. The van der Waals surface area contributed by atoms with E-state index in [1.807, 2.05) is 18.2 Å². The molecule has 4 aromatic rings. The van der Waals surface area contributed by atoms with Crippen molar-refractivity contribution >= 4 is 0 Å². The van der Waals surface area contributed by atoms with Crippen molar-refractivity contribution < 1.29 is 0 Å². The lowest BCUT2D eigenvalue weighted by atomic mass is 9.97. The van der Waals surface area contributed by atoms with Crippen LogP contribution in [0.15, 0.2) is 48.5 Å². The number of imidazole rings is 1. The van der Waals surface area contributed by atoms with Gasteiger partial charge in [0.2, 0.25) is 5.82 Å². The van der Waals surface area contributed by atoms with E-state index in [1.54, 1.807) is 0 Å². The fraction of sp³-hybridized carbons (Fsp3) is 0.304. The molecule has 0 unspecified atom stereocenters. The average Bonchev–Trinajstić information content (AvgIpc) is 3.44. The van der Waals surface area contributed by atoms with E-state index in [4.69, 9.17) is 10.7 Å². The number of nitrogens with zero attached hydrogens (tertiary/aromatic N) is 4. The monoisotopic (exact) mass is 401 g/mol. The first-order valence-corrected chi connectivity index (χ1v) is 10.5. The number of nitrogens with one attached hydrogen (secondary N) is 2. The van der Waals surface area contributed by atoms with Crippen LogP contribution in [0.1, 0.15) is 42.5 Å². The van der Waals surface area contributed by atoms with Gasteiger partial charge in [0.25, 0.3) is 0 Å². The van der Waals surface area contributed by atoms with Gasteiger partial charge in [0, 0.05) is 30.5 Å². The predicted octanol–water partition coefficient (Wildman–Crippen LogP) is 3.69. The van der Waals surface area contributed by atoms with Crippen molar-refractivity contribution in [2.75, 3.05) is 6.54 Å². The van der Waals surface area contributed by atoms with Gasteiger partial charge in [-0.25, -0.2) is 4.98 Å². The Morgan fingerprint density at radius 2 is 1.77 bits per heavy atom. The Labute approximate surface area is 176 Å². The highest BCUT2D eigenvalue weighted by Crippen LogP contribution is 2.30. The minimum absolute atomic E-state index is 0.596. The van der Waals surface area contributed by atoms with Crippen LogP contribution in [0.3, 0.4) is 0 Å². The van der Waals surface area contributed by atoms with Crippen molar-refractivity contribution in [3.8, 4) is 22.5 Å². The molecule has 7 heteroatoms. The molecule has 0 aliphatic heterocycles. The second kappa shape index (κ2) is 9.45. The van der Waals surface area contributed by atoms with Gasteiger partial charge in [0.1, 0.15) is 5.82 Å². The van der Waals surface area contributed by atoms with E-state index >= 15 is 0 Å². The van der Waals surface area contributed by atoms with E-state index < -0.39 is 0 Å². The summed E-state index contributed by atoms with van der Waals surface area (Å²) in [6, 6.07) is 16.7. The molecule has 30 heavy (non-hydrogen) atoms. The highest BCUT2D eigenvalue weighted by atomic mass is 15.5. The number of tetrazole rings is 1. The standard InChI is InChI=1S/C23H27N7/c1-2-3-8-22-25-20(13-14-24)21(26-22)15-16-9-11-17(12-10-16)18-6-4-5-7-19(18)23-27-29-30-28-23/h4-7,9-12H,2-3,8,13-15,24H2,1H3,(H,25,26)(H,27,28,29,30). The summed E-state index contributed by atoms with van der Waals surface area (Å²) in [7, 11) is 0. The Balaban J connectivity index is 1.56. The van der Waals surface area contributed by atoms with E-state index in [0.717, 1.165) is 60.3 Å². The maximum Gasteiger partial charge on any atom is 0.205 e. The Bertz CT molecular complexity index is 1070. The molecule has 0 spiro atoms. The second-order valence-electron chi connectivity index (χ2n) is 7.41. The third kappa shape index (κ3) is 4.46. The van der Waals surface area contributed by atoms with Crippen LogP contribution in [0.4, 0.5) is 0 Å². The van der Waals surface area contributed by atoms with Crippen LogP contribution >= 0.6 is 0 Å². The third-order valence-electron chi connectivity index (χ3n) is 5.22. The van der Waals surface area contributed by atoms with Gasteiger partial charge in [-0.15, -0.1) is 10.2 Å². The van der Waals surface area contributed by atoms with Crippen LogP contribution in [0.25, 0.3) is 22.5 Å². The zero-order chi connectivity index (χ0) is 20.8. The van der Waals surface area contributed by atoms with Crippen LogP contribution in [0.5, 0.6) is 0 Å². The van der Waals surface area contributed by atoms with Crippen molar-refractivity contribution in [3.05, 3.63) is 71.3 Å². The maximum absolute atomic E-state index is 5.80. The average molecular weight is 402 g/mol. The zero-order valence-corrected chi connectivity index (χ0v) is 17.2. The summed E-state index contributed by atoms with van der Waals surface area (Å²) in [6.45, 7) is 2.81. The Kier molecular flexibility index (Phi) is 6.29. The van der Waals surface area contributed by atoms with Crippen molar-refractivity contribution in [2.24, 2.45) is 5.73 Å². The molecular weight excluding hydrogens is 374 g/mol. The molecule has 0 radical (unpaired) electrons. The zero-order valence-electron chi connectivity index (χ0n) is 17.2. The van der Waals surface area contributed by atoms with Crippen LogP contribution in [-0.4, -0.2) is 37.1 Å². The third-order valence-corrected chi connectivity index (χ3v) is 5.22. The summed E-state index contributed by atoms with van der Waals surface area (Å²) in [5, 5.41) is 14.5. The Morgan fingerprint density at radius 1 is 0.967 bits per heavy atom. The molecule has 0 aliphatic rings. The summed E-state index contributed by atoms with van der Waals surface area (Å²) < 4.78 is 0. The fourth-order valence-electron chi connectivity index (χ4n) is 3.67. The van der Waals surface area contributed by atoms with Crippen LogP contribution in [0.2, 0.25) is 0 Å². The van der Waals surface area contributed by atoms with Crippen molar-refractivity contribution in [1.82, 2.24) is 30.6 Å². The number of aromatic nitrogens is 6. The minimum Gasteiger partial charge on any atom is -0.345 e. The molecule has 0 aliphatic carbocycles. The highest BCUT2D eigenvalue weighted by molar-refractivity contribution is 5.80. The number of hydrogen-bond acceptors (Lipinski definition) is 5. The molecule has 2 aromatic heterocycles. The van der Waals surface area contributed by atoms with Gasteiger partial charge in [0.15, 0.2) is 0 Å². The molecular formula is C23H27N7. The molecule has 2 heterocycles. The summed E-state index contributed by atoms with van der Waals surface area (Å²) in [4.78, 5) is 8.31. The molecule has 2 aromatic carbocycles. The van der Waals surface area contributed by atoms with E-state index in [1.165, 1.54) is 11.3 Å². The van der Waals surface area contributed by atoms with Gasteiger partial charge in [0.05, 0.1) is 5.69 Å². The molecule has 4 N–H and O–H groups in total. The lowest BCUT2D eigenvalue weighted by molar-refractivity contribution is 0.758. The minimum atomic E-state index is 0.596. The molecule has 0 saturated heterocycles. The fourth-order valence-corrected chi connectivity index (χ4v) is 3.67. The Hall–Kier alpha value is -3.32. The van der Waals surface area contributed by atoms with Gasteiger partial charge >= 0.3 is 0 Å². The molecule has 0 atom stereocenters. The first-order valence-electron chi connectivity index (χ1n) is 10.5. The highest BCUT2D eigenvalue weighted by Gasteiger charge is 2.12. The van der Waals surface area contributed by atoms with Crippen LogP contribution in [-0.2, 0) is 19.3 Å². The molecule has 0 bridgehead atoms. The van der Waals surface area contributed by atoms with E-state index in [9.17, 15) is 0 Å². The molecule has 4 rings (SSSR count). The SMILES string of the molecule is CCCCc1nc(CCN)c(Cc2ccc(-c3ccccc3-c3nn[nH]n3)cc2)[nH]1. The number of aromatic amines is 2. The predicted molar refractivity (Wildman–Crippen MR) is 118 cm³/mol. The van der Waals surface area contributed by atoms with Crippen LogP contribution in [0, 0.1) is 0 Å². The van der Waals surface area contributed by atoms with Gasteiger partial charge in [-0.1, -0.05) is 61.9 Å². The molecule has 0 fully saturated rings. The molecule has 0 saturated carbocycles. The summed E-state index contributed by atoms with van der Waals surface area (Å²) in [5.74, 6) is 1.67. The number of aryl methyl sites for hydroxylation is 1. The van der Waals surface area contributed by atoms with Crippen LogP contribution < -0.4 is 5.73 Å². The normalized spacial score (nSPS) is 11.1. The first-order chi connectivity index (χ1) is 14.8. The summed E-state index contributed by atoms with van der Waals surface area (Å²) in [6.07, 6.45) is 4.91. The maximum atomic E-state index is 5.80. The summed E-state index contributed by atoms with van der Waals surface area (Å²) >= 11 is 0. The number of nitrogens with two attached hydrogens (primary N) is 1. The van der Waals surface area contributed by atoms with E-state index in [-0.39, 0.29) is 0 Å². The number of H-pyrrole nitrogens is 2. The first kappa shape index (κ1) is 20.0. The smallest absolute Gasteiger partial charge is 0.205 e. The van der Waals surface area contributed by atoms with Gasteiger partial charge in [-0.3, -0.25) is 0 Å². The van der Waals surface area contributed by atoms with Crippen molar-refractivity contribution in [1.29, 1.82) is 0 Å². The topological polar surface area (TPSA) is 109 Å². The number of benzene rings is 2. The number of rotatable bonds is 9. The van der Waals surface area contributed by atoms with Gasteiger partial charge in [-0.2, -0.15) is 5.21 Å². The van der Waals surface area contributed by atoms with Crippen molar-refractivity contribution in [2.45, 2.75) is 39.0 Å². The van der Waals surface area contributed by atoms with Crippen molar-refractivity contribution in [3.63, 3.8) is 0 Å².